The predicted octanol–water partition coefficient (Wildman–Crippen LogP) is 8.72. The smallest absolute Gasteiger partial charge is 0.244 e. The first-order valence-corrected chi connectivity index (χ1v) is 23.3. The van der Waals surface area contributed by atoms with E-state index in [0.717, 1.165) is 63.3 Å². The summed E-state index contributed by atoms with van der Waals surface area (Å²) in [6, 6.07) is 16.4. The van der Waals surface area contributed by atoms with Gasteiger partial charge in [0.25, 0.3) is 0 Å². The molecule has 6 heterocycles. The maximum absolute atomic E-state index is 14.8. The summed E-state index contributed by atoms with van der Waals surface area (Å²) in [6.07, 6.45) is 8.84. The number of rotatable bonds is 12. The number of aromatic amines is 1. The van der Waals surface area contributed by atoms with Crippen LogP contribution in [0.15, 0.2) is 91.6 Å². The molecule has 8 aromatic rings. The fraction of sp³-hybridized carbons (Fsp3) is 0.255. The first-order valence-electron chi connectivity index (χ1n) is 21.2. The van der Waals surface area contributed by atoms with Crippen LogP contribution in [-0.2, 0) is 26.9 Å². The van der Waals surface area contributed by atoms with E-state index in [4.69, 9.17) is 27.1 Å². The Morgan fingerprint density at radius 3 is 2.36 bits per heavy atom. The standard InChI is InChI=1S/C24H28N8O2.C23H18ClF2N3O3S/c1-14(2)32-22(27-15(3)29-32)19-13-30-8-9-34-20-10-16(6-7-18(20)21(30)28-19)17-11-26-31(12-17)24(4,5)23(25)33;1-2-7-33(31,32)29-16-9-19(25)21(20(26)10-16)22(30)18-12-28-23-17(18)8-14(11-27-23)13-3-5-15(24)6-4-13/h6-7,10-14H,8-9H2,1-5H3,(H2,25,33);3-6,8-12,29H,2,7H2,1H3,(H,27,28). The lowest BCUT2D eigenvalue weighted by atomic mass is 10.00. The number of aromatic nitrogens is 9. The maximum Gasteiger partial charge on any atom is 0.244 e. The molecule has 0 atom stereocenters. The van der Waals surface area contributed by atoms with Crippen LogP contribution in [0.1, 0.15) is 68.8 Å². The average molecular weight is 950 g/mol. The maximum atomic E-state index is 14.8. The van der Waals surface area contributed by atoms with E-state index in [-0.39, 0.29) is 23.0 Å². The number of anilines is 1. The van der Waals surface area contributed by atoms with Crippen molar-refractivity contribution in [2.75, 3.05) is 17.1 Å². The van der Waals surface area contributed by atoms with E-state index in [0.29, 0.717) is 41.2 Å². The van der Waals surface area contributed by atoms with Gasteiger partial charge in [0.05, 0.1) is 35.3 Å². The molecule has 0 aliphatic carbocycles. The summed E-state index contributed by atoms with van der Waals surface area (Å²) >= 11 is 5.93. The third kappa shape index (κ3) is 9.42. The Morgan fingerprint density at radius 1 is 0.955 bits per heavy atom. The van der Waals surface area contributed by atoms with Crippen LogP contribution in [0.2, 0.25) is 5.02 Å². The lowest BCUT2D eigenvalue weighted by molar-refractivity contribution is -0.125. The fourth-order valence-electron chi connectivity index (χ4n) is 7.50. The van der Waals surface area contributed by atoms with Gasteiger partial charge in [-0.3, -0.25) is 19.0 Å². The van der Waals surface area contributed by atoms with Crippen LogP contribution in [0.25, 0.3) is 56.2 Å². The van der Waals surface area contributed by atoms with Crippen LogP contribution in [-0.4, -0.2) is 76.5 Å². The minimum Gasteiger partial charge on any atom is -0.491 e. The summed E-state index contributed by atoms with van der Waals surface area (Å²) in [5, 5.41) is 9.84. The summed E-state index contributed by atoms with van der Waals surface area (Å²) in [7, 11) is -3.75. The number of pyridine rings is 1. The van der Waals surface area contributed by atoms with Crippen LogP contribution < -0.4 is 15.2 Å². The van der Waals surface area contributed by atoms with E-state index >= 15 is 0 Å². The largest absolute Gasteiger partial charge is 0.491 e. The molecule has 0 saturated carbocycles. The molecule has 67 heavy (non-hydrogen) atoms. The molecule has 0 fully saturated rings. The van der Waals surface area contributed by atoms with Crippen LogP contribution >= 0.6 is 11.6 Å². The van der Waals surface area contributed by atoms with Crippen LogP contribution in [0.5, 0.6) is 5.75 Å². The molecule has 4 N–H and O–H groups in total. The Hall–Kier alpha value is -7.25. The number of ketones is 1. The number of primary amides is 1. The molecule has 0 radical (unpaired) electrons. The van der Waals surface area contributed by atoms with Crippen LogP contribution in [0.4, 0.5) is 14.5 Å². The van der Waals surface area contributed by atoms with Crippen molar-refractivity contribution in [3.05, 3.63) is 125 Å². The van der Waals surface area contributed by atoms with Gasteiger partial charge in [0, 0.05) is 57.9 Å². The molecular formula is C47H46ClF2N11O5S. The molecule has 0 saturated heterocycles. The molecule has 16 nitrogen and oxygen atoms in total. The van der Waals surface area contributed by atoms with Crippen molar-refractivity contribution in [1.29, 1.82) is 0 Å². The quantitative estimate of drug-likeness (QED) is 0.0992. The van der Waals surface area contributed by atoms with Gasteiger partial charge in [-0.2, -0.15) is 10.2 Å². The molecule has 1 amide bonds. The van der Waals surface area contributed by atoms with Gasteiger partial charge >= 0.3 is 0 Å². The van der Waals surface area contributed by atoms with Gasteiger partial charge in [-0.25, -0.2) is 36.8 Å². The number of aryl methyl sites for hydroxylation is 1. The highest BCUT2D eigenvalue weighted by molar-refractivity contribution is 7.92. The van der Waals surface area contributed by atoms with E-state index in [9.17, 15) is 26.8 Å². The van der Waals surface area contributed by atoms with E-state index in [2.05, 4.69) is 48.3 Å². The number of carbonyl (C=O) groups is 2. The zero-order valence-electron chi connectivity index (χ0n) is 37.3. The lowest BCUT2D eigenvalue weighted by Crippen LogP contribution is -2.41. The Labute approximate surface area is 389 Å². The minimum atomic E-state index is -3.75. The monoisotopic (exact) mass is 949 g/mol. The number of H-pyrrole nitrogens is 1. The molecule has 0 spiro atoms. The average Bonchev–Trinajstić information content (AvgIpc) is 4.09. The number of fused-ring (bicyclic) bond motifs is 4. The molecular weight excluding hydrogens is 904 g/mol. The van der Waals surface area contributed by atoms with Crippen molar-refractivity contribution < 1.29 is 31.5 Å². The Kier molecular flexibility index (Phi) is 12.6. The number of ether oxygens (including phenoxy) is 1. The minimum absolute atomic E-state index is 0.0328. The molecule has 5 aromatic heterocycles. The van der Waals surface area contributed by atoms with Gasteiger partial charge in [-0.15, -0.1) is 0 Å². The van der Waals surface area contributed by atoms with Crippen molar-refractivity contribution in [2.24, 2.45) is 5.73 Å². The topological polar surface area (TPSA) is 211 Å². The molecule has 346 valence electrons. The molecule has 9 rings (SSSR count). The highest BCUT2D eigenvalue weighted by atomic mass is 35.5. The fourth-order valence-corrected chi connectivity index (χ4v) is 8.74. The second-order valence-electron chi connectivity index (χ2n) is 16.7. The normalized spacial score (nSPS) is 12.5. The number of amides is 1. The second-order valence-corrected chi connectivity index (χ2v) is 19.0. The van der Waals surface area contributed by atoms with Gasteiger partial charge in [0.2, 0.25) is 21.7 Å². The number of nitrogens with one attached hydrogen (secondary N) is 2. The predicted molar refractivity (Wildman–Crippen MR) is 251 cm³/mol. The molecule has 20 heteroatoms. The first-order chi connectivity index (χ1) is 31.8. The van der Waals surface area contributed by atoms with Crippen LogP contribution in [0.3, 0.4) is 0 Å². The van der Waals surface area contributed by atoms with Crippen LogP contribution in [0, 0.1) is 18.6 Å². The summed E-state index contributed by atoms with van der Waals surface area (Å²) in [5.74, 6) is -0.831. The van der Waals surface area contributed by atoms with Crippen molar-refractivity contribution >= 4 is 50.0 Å². The Morgan fingerprint density at radius 2 is 1.67 bits per heavy atom. The number of nitrogens with two attached hydrogens (primary N) is 1. The van der Waals surface area contributed by atoms with Crippen molar-refractivity contribution in [1.82, 2.24) is 44.1 Å². The molecule has 0 unspecified atom stereocenters. The number of sulfonamides is 1. The first kappa shape index (κ1) is 46.3. The van der Waals surface area contributed by atoms with E-state index in [1.54, 1.807) is 68.2 Å². The summed E-state index contributed by atoms with van der Waals surface area (Å²) < 4.78 is 67.1. The molecule has 1 aliphatic rings. The number of halogens is 3. The van der Waals surface area contributed by atoms with Crippen molar-refractivity contribution in [2.45, 2.75) is 66.1 Å². The number of benzene rings is 3. The van der Waals surface area contributed by atoms with Crippen molar-refractivity contribution in [3.63, 3.8) is 0 Å². The third-order valence-corrected chi connectivity index (χ3v) is 12.8. The van der Waals surface area contributed by atoms with Gasteiger partial charge in [0.15, 0.2) is 5.82 Å². The zero-order valence-corrected chi connectivity index (χ0v) is 38.9. The van der Waals surface area contributed by atoms with E-state index in [1.807, 2.05) is 42.2 Å². The van der Waals surface area contributed by atoms with E-state index < -0.39 is 44.5 Å². The number of hydrogen-bond donors (Lipinski definition) is 3. The summed E-state index contributed by atoms with van der Waals surface area (Å²) in [5.41, 5.74) is 8.93. The highest BCUT2D eigenvalue weighted by Crippen LogP contribution is 2.37. The second kappa shape index (κ2) is 18.2. The highest BCUT2D eigenvalue weighted by Gasteiger charge is 2.29. The van der Waals surface area contributed by atoms with Gasteiger partial charge in [0.1, 0.15) is 52.5 Å². The molecule has 3 aromatic carbocycles. The van der Waals surface area contributed by atoms with Crippen molar-refractivity contribution in [3.8, 4) is 50.9 Å². The number of carbonyl (C=O) groups excluding carboxylic acids is 2. The summed E-state index contributed by atoms with van der Waals surface area (Å²) in [4.78, 5) is 41.5. The van der Waals surface area contributed by atoms with Gasteiger partial charge < -0.3 is 20.0 Å². The third-order valence-electron chi connectivity index (χ3n) is 11.1. The SMILES string of the molecule is CCCS(=O)(=O)Nc1cc(F)c(C(=O)c2c[nH]c3ncc(-c4ccc(Cl)cc4)cc23)c(F)c1.Cc1nc(-c2cn3c(n2)-c2ccc(-c4cnn(C(C)(C)C(N)=O)c4)cc2OCC3)n(C(C)C)n1. The lowest BCUT2D eigenvalue weighted by Gasteiger charge is -2.20. The summed E-state index contributed by atoms with van der Waals surface area (Å²) in [6.45, 7) is 12.4. The molecule has 0 bridgehead atoms. The van der Waals surface area contributed by atoms with Gasteiger partial charge in [-0.05, 0) is 94.6 Å². The number of hydrogen-bond acceptors (Lipinski definition) is 10. The number of imidazole rings is 1. The van der Waals surface area contributed by atoms with E-state index in [1.165, 1.54) is 6.20 Å². The Balaban J connectivity index is 0.000000182. The Bertz CT molecular complexity index is 3280. The molecule has 1 aliphatic heterocycles. The number of nitrogens with zero attached hydrogens (tertiary/aromatic N) is 8. The van der Waals surface area contributed by atoms with Gasteiger partial charge in [-0.1, -0.05) is 36.7 Å². The zero-order chi connectivity index (χ0) is 47.9.